The third-order valence-electron chi connectivity index (χ3n) is 2.03. The zero-order chi connectivity index (χ0) is 11.0. The van der Waals surface area contributed by atoms with E-state index in [1.165, 1.54) is 5.56 Å². The van der Waals surface area contributed by atoms with Crippen molar-refractivity contribution in [1.29, 1.82) is 0 Å². The molecule has 5 heteroatoms. The van der Waals surface area contributed by atoms with Crippen LogP contribution in [0.5, 0.6) is 0 Å². The fourth-order valence-electron chi connectivity index (χ4n) is 1.26. The van der Waals surface area contributed by atoms with Crippen LogP contribution in [0, 0.1) is 10.5 Å². The molecule has 0 saturated carbocycles. The van der Waals surface area contributed by atoms with Gasteiger partial charge in [0, 0.05) is 10.0 Å². The lowest BCUT2D eigenvalue weighted by Crippen LogP contribution is -1.87. The number of nitrogen functional groups attached to an aromatic ring is 1. The fourth-order valence-corrected chi connectivity index (χ4v) is 2.42. The summed E-state index contributed by atoms with van der Waals surface area (Å²) < 4.78 is 7.02. The Bertz CT molecular complexity index is 510. The van der Waals surface area contributed by atoms with E-state index in [1.807, 2.05) is 25.1 Å². The maximum absolute atomic E-state index is 5.63. The zero-order valence-electron chi connectivity index (χ0n) is 7.92. The van der Waals surface area contributed by atoms with Gasteiger partial charge in [0.25, 0.3) is 0 Å². The highest BCUT2D eigenvalue weighted by Gasteiger charge is 2.15. The monoisotopic (exact) mass is 378 g/mol. The average molecular weight is 379 g/mol. The normalized spacial score (nSPS) is 10.6. The Morgan fingerprint density at radius 3 is 2.73 bits per heavy atom. The molecule has 1 heterocycles. The van der Waals surface area contributed by atoms with Crippen molar-refractivity contribution >= 4 is 44.3 Å². The smallest absolute Gasteiger partial charge is 0.183 e. The Balaban J connectivity index is 2.59. The van der Waals surface area contributed by atoms with E-state index in [0.717, 1.165) is 13.6 Å². The molecule has 0 aliphatic heterocycles. The predicted molar refractivity (Wildman–Crippen MR) is 71.5 cm³/mol. The summed E-state index contributed by atoms with van der Waals surface area (Å²) in [6.45, 7) is 2.04. The summed E-state index contributed by atoms with van der Waals surface area (Å²) in [6, 6.07) is 6.04. The van der Waals surface area contributed by atoms with Gasteiger partial charge in [0.1, 0.15) is 3.57 Å². The van der Waals surface area contributed by atoms with E-state index in [4.69, 9.17) is 10.3 Å². The van der Waals surface area contributed by atoms with Gasteiger partial charge in [-0.15, -0.1) is 0 Å². The molecule has 78 valence electrons. The van der Waals surface area contributed by atoms with E-state index in [2.05, 4.69) is 43.7 Å². The van der Waals surface area contributed by atoms with E-state index < -0.39 is 0 Å². The lowest BCUT2D eigenvalue weighted by molar-refractivity contribution is 0.435. The van der Waals surface area contributed by atoms with Crippen molar-refractivity contribution in [3.63, 3.8) is 0 Å². The van der Waals surface area contributed by atoms with Gasteiger partial charge >= 0.3 is 0 Å². The molecule has 2 aromatic rings. The first-order chi connectivity index (χ1) is 7.09. The summed E-state index contributed by atoms with van der Waals surface area (Å²) >= 11 is 5.62. The van der Waals surface area contributed by atoms with Crippen LogP contribution >= 0.6 is 38.5 Å². The molecule has 2 rings (SSSR count). The molecule has 3 nitrogen and oxygen atoms in total. The second kappa shape index (κ2) is 4.13. The number of anilines is 1. The standard InChI is InChI=1S/C10H8BrIN2O/c1-5-2-3-6(7(11)4-5)9-8(12)10(13)14-15-9/h2-4H,1H3,(H2,13,14). The van der Waals surface area contributed by atoms with Crippen molar-refractivity contribution in [3.05, 3.63) is 31.8 Å². The van der Waals surface area contributed by atoms with E-state index in [9.17, 15) is 0 Å². The molecular weight excluding hydrogens is 371 g/mol. The van der Waals surface area contributed by atoms with E-state index >= 15 is 0 Å². The van der Waals surface area contributed by atoms with Crippen LogP contribution in [-0.2, 0) is 0 Å². The molecule has 0 radical (unpaired) electrons. The number of nitrogens with zero attached hydrogens (tertiary/aromatic N) is 1. The van der Waals surface area contributed by atoms with Gasteiger partial charge in [0.05, 0.1) is 0 Å². The first-order valence-electron chi connectivity index (χ1n) is 4.26. The molecule has 1 aromatic carbocycles. The number of halogens is 2. The molecule has 0 bridgehead atoms. The van der Waals surface area contributed by atoms with Crippen molar-refractivity contribution in [2.24, 2.45) is 0 Å². The van der Waals surface area contributed by atoms with Crippen molar-refractivity contribution in [2.75, 3.05) is 5.73 Å². The van der Waals surface area contributed by atoms with Crippen LogP contribution in [0.15, 0.2) is 27.2 Å². The van der Waals surface area contributed by atoms with Crippen LogP contribution in [0.4, 0.5) is 5.82 Å². The summed E-state index contributed by atoms with van der Waals surface area (Å²) in [5, 5.41) is 3.73. The highest BCUT2D eigenvalue weighted by Crippen LogP contribution is 2.34. The Kier molecular flexibility index (Phi) is 3.01. The van der Waals surface area contributed by atoms with Crippen molar-refractivity contribution in [3.8, 4) is 11.3 Å². The maximum atomic E-state index is 5.63. The molecule has 0 unspecified atom stereocenters. The quantitative estimate of drug-likeness (QED) is 0.771. The first kappa shape index (κ1) is 10.9. The van der Waals surface area contributed by atoms with E-state index in [1.54, 1.807) is 0 Å². The van der Waals surface area contributed by atoms with Crippen LogP contribution in [0.3, 0.4) is 0 Å². The highest BCUT2D eigenvalue weighted by molar-refractivity contribution is 14.1. The molecule has 0 saturated heterocycles. The number of hydrogen-bond donors (Lipinski definition) is 1. The van der Waals surface area contributed by atoms with Gasteiger partial charge in [-0.25, -0.2) is 0 Å². The van der Waals surface area contributed by atoms with Gasteiger partial charge in [-0.05, 0) is 47.2 Å². The SMILES string of the molecule is Cc1ccc(-c2onc(N)c2I)c(Br)c1. The number of aromatic nitrogens is 1. The molecule has 0 fully saturated rings. The van der Waals surface area contributed by atoms with Crippen LogP contribution in [0.25, 0.3) is 11.3 Å². The molecule has 0 spiro atoms. The lowest BCUT2D eigenvalue weighted by Gasteiger charge is -2.01. The second-order valence-corrected chi connectivity index (χ2v) is 5.13. The minimum atomic E-state index is 0.429. The summed E-state index contributed by atoms with van der Waals surface area (Å²) in [6.07, 6.45) is 0. The number of rotatable bonds is 1. The van der Waals surface area contributed by atoms with Gasteiger partial charge < -0.3 is 10.3 Å². The Morgan fingerprint density at radius 2 is 2.20 bits per heavy atom. The van der Waals surface area contributed by atoms with Crippen LogP contribution < -0.4 is 5.73 Å². The predicted octanol–water partition coefficient (Wildman–Crippen LogP) is 3.60. The van der Waals surface area contributed by atoms with Crippen LogP contribution in [-0.4, -0.2) is 5.16 Å². The van der Waals surface area contributed by atoms with Gasteiger partial charge in [0.2, 0.25) is 0 Å². The molecule has 0 aliphatic carbocycles. The zero-order valence-corrected chi connectivity index (χ0v) is 11.7. The topological polar surface area (TPSA) is 52.0 Å². The largest absolute Gasteiger partial charge is 0.380 e. The third-order valence-corrected chi connectivity index (χ3v) is 3.73. The summed E-state index contributed by atoms with van der Waals surface area (Å²) in [7, 11) is 0. The van der Waals surface area contributed by atoms with Crippen molar-refractivity contribution < 1.29 is 4.52 Å². The highest BCUT2D eigenvalue weighted by atomic mass is 127. The van der Waals surface area contributed by atoms with Gasteiger partial charge in [-0.1, -0.05) is 27.2 Å². The third kappa shape index (κ3) is 2.03. The minimum absolute atomic E-state index is 0.429. The molecule has 0 amide bonds. The van der Waals surface area contributed by atoms with Crippen molar-refractivity contribution in [1.82, 2.24) is 5.16 Å². The molecule has 15 heavy (non-hydrogen) atoms. The first-order valence-corrected chi connectivity index (χ1v) is 6.14. The summed E-state index contributed by atoms with van der Waals surface area (Å²) in [5.41, 5.74) is 7.79. The number of hydrogen-bond acceptors (Lipinski definition) is 3. The van der Waals surface area contributed by atoms with E-state index in [0.29, 0.717) is 11.6 Å². The molecule has 0 atom stereocenters. The molecule has 0 aliphatic rings. The summed E-state index contributed by atoms with van der Waals surface area (Å²) in [5.74, 6) is 1.14. The summed E-state index contributed by atoms with van der Waals surface area (Å²) in [4.78, 5) is 0. The van der Waals surface area contributed by atoms with Gasteiger partial charge in [0.15, 0.2) is 11.6 Å². The Labute approximate surface area is 109 Å². The molecule has 1 aromatic heterocycles. The molecule has 2 N–H and O–H groups in total. The van der Waals surface area contributed by atoms with Gasteiger partial charge in [-0.3, -0.25) is 0 Å². The maximum Gasteiger partial charge on any atom is 0.183 e. The molecular formula is C10H8BrIN2O. The van der Waals surface area contributed by atoms with Crippen LogP contribution in [0.1, 0.15) is 5.56 Å². The fraction of sp³-hybridized carbons (Fsp3) is 0.100. The van der Waals surface area contributed by atoms with Crippen molar-refractivity contribution in [2.45, 2.75) is 6.92 Å². The van der Waals surface area contributed by atoms with Crippen LogP contribution in [0.2, 0.25) is 0 Å². The number of nitrogens with two attached hydrogens (primary N) is 1. The minimum Gasteiger partial charge on any atom is -0.380 e. The Hall–Kier alpha value is -0.560. The number of benzene rings is 1. The Morgan fingerprint density at radius 1 is 1.47 bits per heavy atom. The van der Waals surface area contributed by atoms with E-state index in [-0.39, 0.29) is 0 Å². The van der Waals surface area contributed by atoms with Gasteiger partial charge in [-0.2, -0.15) is 0 Å². The second-order valence-electron chi connectivity index (χ2n) is 3.19. The average Bonchev–Trinajstić information content (AvgIpc) is 2.49. The number of aryl methyl sites for hydroxylation is 1. The lowest BCUT2D eigenvalue weighted by atomic mass is 10.1.